The summed E-state index contributed by atoms with van der Waals surface area (Å²) in [5.74, 6) is 0.443. The second-order valence-corrected chi connectivity index (χ2v) is 9.95. The number of nitrogens with one attached hydrogen (secondary N) is 1. The number of hydrogen-bond acceptors (Lipinski definition) is 5. The van der Waals surface area contributed by atoms with Gasteiger partial charge in [0.05, 0.1) is 27.2 Å². The molecule has 5 nitrogen and oxygen atoms in total. The Hall–Kier alpha value is -2.52. The molecule has 0 spiro atoms. The van der Waals surface area contributed by atoms with Crippen LogP contribution in [0.15, 0.2) is 69.0 Å². The molecule has 0 saturated carbocycles. The first kappa shape index (κ1) is 25.6. The van der Waals surface area contributed by atoms with Crippen LogP contribution in [0.25, 0.3) is 6.08 Å². The number of ether oxygens (including phenoxy) is 2. The van der Waals surface area contributed by atoms with Gasteiger partial charge in [-0.3, -0.25) is 4.79 Å². The summed E-state index contributed by atoms with van der Waals surface area (Å²) < 4.78 is 25.6. The molecular formula is C25H18BrCl2FN2O3S. The van der Waals surface area contributed by atoms with Gasteiger partial charge in [-0.15, -0.1) is 0 Å². The average Bonchev–Trinajstić information content (AvgIpc) is 3.17. The quantitative estimate of drug-likeness (QED) is 0.284. The number of carbonyl (C=O) groups is 1. The predicted molar refractivity (Wildman–Crippen MR) is 143 cm³/mol. The van der Waals surface area contributed by atoms with Crippen LogP contribution in [0.4, 0.5) is 10.1 Å². The van der Waals surface area contributed by atoms with Crippen LogP contribution in [0.1, 0.15) is 18.1 Å². The number of nitrogens with zero attached hydrogens (tertiary/aromatic N) is 1. The van der Waals surface area contributed by atoms with Crippen molar-refractivity contribution in [2.24, 2.45) is 4.99 Å². The molecule has 0 radical (unpaired) electrons. The molecule has 0 aromatic heterocycles. The van der Waals surface area contributed by atoms with Gasteiger partial charge in [0.1, 0.15) is 12.4 Å². The van der Waals surface area contributed by atoms with Crippen molar-refractivity contribution in [3.63, 3.8) is 0 Å². The lowest BCUT2D eigenvalue weighted by Crippen LogP contribution is -2.19. The molecule has 1 N–H and O–H groups in total. The van der Waals surface area contributed by atoms with Gasteiger partial charge in [0, 0.05) is 4.47 Å². The summed E-state index contributed by atoms with van der Waals surface area (Å²) in [5, 5.41) is 4.07. The zero-order valence-electron chi connectivity index (χ0n) is 18.3. The highest BCUT2D eigenvalue weighted by atomic mass is 79.9. The Morgan fingerprint density at radius 1 is 1.06 bits per heavy atom. The van der Waals surface area contributed by atoms with E-state index in [4.69, 9.17) is 32.7 Å². The van der Waals surface area contributed by atoms with Crippen LogP contribution in [-0.4, -0.2) is 17.7 Å². The number of aliphatic imine (C=N–C) groups is 1. The Balaban J connectivity index is 1.55. The summed E-state index contributed by atoms with van der Waals surface area (Å²) in [5.41, 5.74) is 2.13. The number of halogens is 4. The van der Waals surface area contributed by atoms with Gasteiger partial charge in [0.25, 0.3) is 5.91 Å². The normalized spacial score (nSPS) is 15.5. The van der Waals surface area contributed by atoms with Gasteiger partial charge in [0.15, 0.2) is 16.7 Å². The lowest BCUT2D eigenvalue weighted by atomic mass is 10.1. The molecule has 1 aliphatic rings. The maximum Gasteiger partial charge on any atom is 0.264 e. The van der Waals surface area contributed by atoms with E-state index in [0.29, 0.717) is 43.9 Å². The first-order valence-electron chi connectivity index (χ1n) is 10.4. The molecule has 10 heteroatoms. The van der Waals surface area contributed by atoms with E-state index >= 15 is 0 Å². The average molecular weight is 596 g/mol. The largest absolute Gasteiger partial charge is 0.490 e. The number of thioether (sulfide) groups is 1. The van der Waals surface area contributed by atoms with Gasteiger partial charge in [-0.25, -0.2) is 9.38 Å². The number of carbonyl (C=O) groups excluding carboxylic acids is 1. The van der Waals surface area contributed by atoms with Crippen LogP contribution in [0, 0.1) is 5.82 Å². The van der Waals surface area contributed by atoms with Crippen LogP contribution in [-0.2, 0) is 11.4 Å². The maximum absolute atomic E-state index is 13.1. The minimum Gasteiger partial charge on any atom is -0.490 e. The Kier molecular flexibility index (Phi) is 8.38. The van der Waals surface area contributed by atoms with Crippen molar-refractivity contribution in [3.8, 4) is 11.5 Å². The van der Waals surface area contributed by atoms with E-state index in [9.17, 15) is 9.18 Å². The third-order valence-electron chi connectivity index (χ3n) is 4.74. The van der Waals surface area contributed by atoms with Crippen molar-refractivity contribution < 1.29 is 18.7 Å². The van der Waals surface area contributed by atoms with E-state index in [2.05, 4.69) is 26.2 Å². The Bertz CT molecular complexity index is 1330. The van der Waals surface area contributed by atoms with E-state index in [-0.39, 0.29) is 18.3 Å². The summed E-state index contributed by atoms with van der Waals surface area (Å²) in [7, 11) is 0. The molecule has 1 heterocycles. The Morgan fingerprint density at radius 3 is 2.51 bits per heavy atom. The lowest BCUT2D eigenvalue weighted by Gasteiger charge is -2.14. The smallest absolute Gasteiger partial charge is 0.264 e. The number of hydrogen-bond donors (Lipinski definition) is 1. The molecule has 0 atom stereocenters. The fraction of sp³-hybridized carbons (Fsp3) is 0.120. The summed E-state index contributed by atoms with van der Waals surface area (Å²) in [6, 6.07) is 14.6. The third kappa shape index (κ3) is 6.58. The molecule has 1 fully saturated rings. The fourth-order valence-electron chi connectivity index (χ4n) is 3.09. The highest BCUT2D eigenvalue weighted by molar-refractivity contribution is 9.10. The monoisotopic (exact) mass is 594 g/mol. The first-order valence-corrected chi connectivity index (χ1v) is 12.8. The molecule has 35 heavy (non-hydrogen) atoms. The minimum atomic E-state index is -0.350. The Morgan fingerprint density at radius 2 is 1.80 bits per heavy atom. The third-order valence-corrected chi connectivity index (χ3v) is 7.07. The second-order valence-electron chi connectivity index (χ2n) is 7.25. The van der Waals surface area contributed by atoms with Crippen LogP contribution >= 0.6 is 50.9 Å². The van der Waals surface area contributed by atoms with Gasteiger partial charge >= 0.3 is 0 Å². The zero-order valence-corrected chi connectivity index (χ0v) is 22.2. The van der Waals surface area contributed by atoms with E-state index in [1.165, 1.54) is 23.9 Å². The summed E-state index contributed by atoms with van der Waals surface area (Å²) in [4.78, 5) is 17.3. The van der Waals surface area contributed by atoms with Gasteiger partial charge in [-0.05, 0) is 84.4 Å². The zero-order chi connectivity index (χ0) is 24.9. The van der Waals surface area contributed by atoms with Crippen molar-refractivity contribution in [2.75, 3.05) is 6.61 Å². The molecule has 180 valence electrons. The van der Waals surface area contributed by atoms with Crippen molar-refractivity contribution in [1.29, 1.82) is 0 Å². The molecule has 1 amide bonds. The molecule has 1 saturated heterocycles. The number of amides is 1. The van der Waals surface area contributed by atoms with Crippen molar-refractivity contribution in [2.45, 2.75) is 13.5 Å². The number of benzene rings is 3. The summed E-state index contributed by atoms with van der Waals surface area (Å²) >= 11 is 16.8. The predicted octanol–water partition coefficient (Wildman–Crippen LogP) is 7.76. The molecule has 4 rings (SSSR count). The Labute approximate surface area is 224 Å². The van der Waals surface area contributed by atoms with Crippen LogP contribution in [0.2, 0.25) is 10.0 Å². The highest BCUT2D eigenvalue weighted by Crippen LogP contribution is 2.37. The van der Waals surface area contributed by atoms with E-state index in [0.717, 1.165) is 15.6 Å². The van der Waals surface area contributed by atoms with Crippen LogP contribution < -0.4 is 14.8 Å². The van der Waals surface area contributed by atoms with E-state index < -0.39 is 0 Å². The minimum absolute atomic E-state index is 0.269. The number of rotatable bonds is 7. The number of amidine groups is 1. The molecular weight excluding hydrogens is 578 g/mol. The maximum atomic E-state index is 13.1. The van der Waals surface area contributed by atoms with E-state index in [1.54, 1.807) is 42.5 Å². The lowest BCUT2D eigenvalue weighted by molar-refractivity contribution is -0.115. The van der Waals surface area contributed by atoms with Gasteiger partial charge in [-0.2, -0.15) is 0 Å². The molecule has 0 aliphatic carbocycles. The fourth-order valence-corrected chi connectivity index (χ4v) is 4.68. The topological polar surface area (TPSA) is 59.9 Å². The standard InChI is InChI=1S/C25H18BrCl2FN2O3S/c1-2-33-21-10-15(18(26)12-22(21)34-13-14-3-8-19(27)20(28)9-14)11-23-24(32)31-25(35-23)30-17-6-4-16(29)5-7-17/h3-12H,2,13H2,1H3,(H,30,31,32)/b23-11+. The van der Waals surface area contributed by atoms with Gasteiger partial charge < -0.3 is 14.8 Å². The van der Waals surface area contributed by atoms with Crippen LogP contribution in [0.3, 0.4) is 0 Å². The van der Waals surface area contributed by atoms with Gasteiger partial charge in [0.2, 0.25) is 0 Å². The van der Waals surface area contributed by atoms with Crippen molar-refractivity contribution in [3.05, 3.63) is 91.0 Å². The SMILES string of the molecule is CCOc1cc(/C=C2/SC(=Nc3ccc(F)cc3)NC2=O)c(Br)cc1OCc1ccc(Cl)c(Cl)c1. The van der Waals surface area contributed by atoms with Crippen LogP contribution in [0.5, 0.6) is 11.5 Å². The first-order chi connectivity index (χ1) is 16.8. The van der Waals surface area contributed by atoms with Crippen molar-refractivity contribution >= 4 is 73.7 Å². The van der Waals surface area contributed by atoms with Gasteiger partial charge in [-0.1, -0.05) is 45.2 Å². The summed E-state index contributed by atoms with van der Waals surface area (Å²) in [6.07, 6.45) is 1.74. The highest BCUT2D eigenvalue weighted by Gasteiger charge is 2.24. The second kappa shape index (κ2) is 11.5. The summed E-state index contributed by atoms with van der Waals surface area (Å²) in [6.45, 7) is 2.58. The molecule has 0 unspecified atom stereocenters. The molecule has 3 aromatic carbocycles. The van der Waals surface area contributed by atoms with E-state index in [1.807, 2.05) is 13.0 Å². The van der Waals surface area contributed by atoms with Crippen molar-refractivity contribution in [1.82, 2.24) is 5.32 Å². The molecule has 1 aliphatic heterocycles. The molecule has 3 aromatic rings. The molecule has 0 bridgehead atoms.